The summed E-state index contributed by atoms with van der Waals surface area (Å²) in [5, 5.41) is 3.28. The van der Waals surface area contributed by atoms with Crippen molar-refractivity contribution in [1.82, 2.24) is 10.2 Å². The van der Waals surface area contributed by atoms with Gasteiger partial charge in [-0.1, -0.05) is 0 Å². The molecule has 120 valence electrons. The standard InChI is InChI=1S/C17H25N3O2/c1-18-15-3-2-8-20(13-15)17(21)14-4-6-16(7-5-14)19-9-11-22-12-10-19/h4-7,15,18H,2-3,8-13H2,1H3. The molecule has 2 aliphatic rings. The highest BCUT2D eigenvalue weighted by Gasteiger charge is 2.23. The lowest BCUT2D eigenvalue weighted by Crippen LogP contribution is -2.46. The van der Waals surface area contributed by atoms with Gasteiger partial charge in [-0.2, -0.15) is 0 Å². The minimum absolute atomic E-state index is 0.147. The lowest BCUT2D eigenvalue weighted by molar-refractivity contribution is 0.0698. The predicted molar refractivity (Wildman–Crippen MR) is 87.5 cm³/mol. The number of likely N-dealkylation sites (N-methyl/N-ethyl adjacent to an activating group) is 1. The van der Waals surface area contributed by atoms with Gasteiger partial charge in [0.1, 0.15) is 0 Å². The van der Waals surface area contributed by atoms with Crippen LogP contribution in [0.3, 0.4) is 0 Å². The van der Waals surface area contributed by atoms with Gasteiger partial charge in [-0.15, -0.1) is 0 Å². The number of hydrogen-bond acceptors (Lipinski definition) is 4. The average Bonchev–Trinajstić information content (AvgIpc) is 2.62. The minimum atomic E-state index is 0.147. The zero-order valence-corrected chi connectivity index (χ0v) is 13.3. The second-order valence-electron chi connectivity index (χ2n) is 6.03. The number of benzene rings is 1. The SMILES string of the molecule is CNC1CCCN(C(=O)c2ccc(N3CCOCC3)cc2)C1. The third-order valence-electron chi connectivity index (χ3n) is 4.61. The molecule has 1 aromatic rings. The molecule has 1 amide bonds. The number of ether oxygens (including phenoxy) is 1. The zero-order chi connectivity index (χ0) is 15.4. The monoisotopic (exact) mass is 303 g/mol. The fourth-order valence-electron chi connectivity index (χ4n) is 3.22. The molecule has 5 heteroatoms. The Bertz CT molecular complexity index is 497. The molecule has 2 saturated heterocycles. The number of likely N-dealkylation sites (tertiary alicyclic amines) is 1. The summed E-state index contributed by atoms with van der Waals surface area (Å²) in [6.07, 6.45) is 2.22. The number of hydrogen-bond donors (Lipinski definition) is 1. The molecular weight excluding hydrogens is 278 g/mol. The number of anilines is 1. The van der Waals surface area contributed by atoms with Gasteiger partial charge in [0.05, 0.1) is 13.2 Å². The van der Waals surface area contributed by atoms with Crippen LogP contribution in [0.15, 0.2) is 24.3 Å². The van der Waals surface area contributed by atoms with Crippen molar-refractivity contribution >= 4 is 11.6 Å². The Morgan fingerprint density at radius 3 is 2.59 bits per heavy atom. The highest BCUT2D eigenvalue weighted by atomic mass is 16.5. The normalized spacial score (nSPS) is 22.7. The number of nitrogens with one attached hydrogen (secondary N) is 1. The van der Waals surface area contributed by atoms with Gasteiger partial charge in [-0.3, -0.25) is 4.79 Å². The first-order valence-electron chi connectivity index (χ1n) is 8.17. The van der Waals surface area contributed by atoms with Gasteiger partial charge < -0.3 is 19.9 Å². The van der Waals surface area contributed by atoms with E-state index in [-0.39, 0.29) is 5.91 Å². The number of morpholine rings is 1. The third kappa shape index (κ3) is 3.42. The molecular formula is C17H25N3O2. The molecule has 0 aliphatic carbocycles. The zero-order valence-electron chi connectivity index (χ0n) is 13.3. The van der Waals surface area contributed by atoms with Gasteiger partial charge >= 0.3 is 0 Å². The van der Waals surface area contributed by atoms with Gasteiger partial charge in [0.25, 0.3) is 5.91 Å². The molecule has 0 spiro atoms. The number of rotatable bonds is 3. The molecule has 2 aliphatic heterocycles. The highest BCUT2D eigenvalue weighted by Crippen LogP contribution is 2.19. The van der Waals surface area contributed by atoms with E-state index in [9.17, 15) is 4.79 Å². The van der Waals surface area contributed by atoms with Gasteiger partial charge in [0.2, 0.25) is 0 Å². The number of carbonyl (C=O) groups excluding carboxylic acids is 1. The van der Waals surface area contributed by atoms with Crippen LogP contribution >= 0.6 is 0 Å². The molecule has 1 unspecified atom stereocenters. The number of amides is 1. The Hall–Kier alpha value is -1.59. The van der Waals surface area contributed by atoms with Crippen LogP contribution in [0, 0.1) is 0 Å². The van der Waals surface area contributed by atoms with Gasteiger partial charge in [0, 0.05) is 43.5 Å². The summed E-state index contributed by atoms with van der Waals surface area (Å²) >= 11 is 0. The average molecular weight is 303 g/mol. The van der Waals surface area contributed by atoms with Crippen molar-refractivity contribution < 1.29 is 9.53 Å². The van der Waals surface area contributed by atoms with Crippen molar-refractivity contribution in [2.24, 2.45) is 0 Å². The largest absolute Gasteiger partial charge is 0.378 e. The van der Waals surface area contributed by atoms with Crippen molar-refractivity contribution in [3.05, 3.63) is 29.8 Å². The van der Waals surface area contributed by atoms with Gasteiger partial charge in [0.15, 0.2) is 0 Å². The topological polar surface area (TPSA) is 44.8 Å². The van der Waals surface area contributed by atoms with Crippen LogP contribution in [0.1, 0.15) is 23.2 Å². The van der Waals surface area contributed by atoms with Crippen molar-refractivity contribution in [1.29, 1.82) is 0 Å². The first-order valence-corrected chi connectivity index (χ1v) is 8.17. The first-order chi connectivity index (χ1) is 10.8. The van der Waals surface area contributed by atoms with Crippen molar-refractivity contribution in [3.8, 4) is 0 Å². The Kier molecular flexibility index (Phi) is 4.95. The molecule has 1 aromatic carbocycles. The van der Waals surface area contributed by atoms with Gasteiger partial charge in [-0.25, -0.2) is 0 Å². The van der Waals surface area contributed by atoms with E-state index in [0.29, 0.717) is 6.04 Å². The Morgan fingerprint density at radius 1 is 1.18 bits per heavy atom. The van der Waals surface area contributed by atoms with Crippen LogP contribution in [0.2, 0.25) is 0 Å². The molecule has 1 N–H and O–H groups in total. The Morgan fingerprint density at radius 2 is 1.91 bits per heavy atom. The molecule has 2 fully saturated rings. The van der Waals surface area contributed by atoms with E-state index in [0.717, 1.165) is 57.8 Å². The minimum Gasteiger partial charge on any atom is -0.378 e. The number of piperidine rings is 1. The molecule has 5 nitrogen and oxygen atoms in total. The summed E-state index contributed by atoms with van der Waals surface area (Å²) < 4.78 is 5.37. The fourth-order valence-corrected chi connectivity index (χ4v) is 3.22. The highest BCUT2D eigenvalue weighted by molar-refractivity contribution is 5.94. The Labute approximate surface area is 132 Å². The molecule has 22 heavy (non-hydrogen) atoms. The molecule has 2 heterocycles. The molecule has 0 saturated carbocycles. The van der Waals surface area contributed by atoms with Crippen LogP contribution in [0.5, 0.6) is 0 Å². The Balaban J connectivity index is 1.65. The summed E-state index contributed by atoms with van der Waals surface area (Å²) in [6.45, 7) is 5.06. The molecule has 0 aromatic heterocycles. The third-order valence-corrected chi connectivity index (χ3v) is 4.61. The van der Waals surface area contributed by atoms with Crippen LogP contribution in [-0.2, 0) is 4.74 Å². The maximum absolute atomic E-state index is 12.6. The lowest BCUT2D eigenvalue weighted by Gasteiger charge is -2.33. The first kappa shape index (κ1) is 15.3. The molecule has 3 rings (SSSR count). The van der Waals surface area contributed by atoms with E-state index in [2.05, 4.69) is 22.3 Å². The predicted octanol–water partition coefficient (Wildman–Crippen LogP) is 1.35. The van der Waals surface area contributed by atoms with Crippen LogP contribution in [0.4, 0.5) is 5.69 Å². The second kappa shape index (κ2) is 7.11. The maximum atomic E-state index is 12.6. The summed E-state index contributed by atoms with van der Waals surface area (Å²) in [5.74, 6) is 0.147. The maximum Gasteiger partial charge on any atom is 0.253 e. The van der Waals surface area contributed by atoms with Crippen LogP contribution in [-0.4, -0.2) is 63.3 Å². The summed E-state index contributed by atoms with van der Waals surface area (Å²) in [7, 11) is 1.97. The molecule has 0 radical (unpaired) electrons. The van der Waals surface area contributed by atoms with Crippen molar-refractivity contribution in [2.75, 3.05) is 51.3 Å². The summed E-state index contributed by atoms with van der Waals surface area (Å²) in [5.41, 5.74) is 1.96. The summed E-state index contributed by atoms with van der Waals surface area (Å²) in [6, 6.07) is 8.44. The van der Waals surface area contributed by atoms with Crippen LogP contribution in [0.25, 0.3) is 0 Å². The lowest BCUT2D eigenvalue weighted by atomic mass is 10.0. The number of carbonyl (C=O) groups is 1. The number of nitrogens with zero attached hydrogens (tertiary/aromatic N) is 2. The fraction of sp³-hybridized carbons (Fsp3) is 0.588. The van der Waals surface area contributed by atoms with Crippen molar-refractivity contribution in [3.63, 3.8) is 0 Å². The van der Waals surface area contributed by atoms with Gasteiger partial charge in [-0.05, 0) is 44.2 Å². The van der Waals surface area contributed by atoms with E-state index in [4.69, 9.17) is 4.74 Å². The smallest absolute Gasteiger partial charge is 0.253 e. The van der Waals surface area contributed by atoms with E-state index in [1.54, 1.807) is 0 Å². The van der Waals surface area contributed by atoms with Crippen LogP contribution < -0.4 is 10.2 Å². The quantitative estimate of drug-likeness (QED) is 0.915. The van der Waals surface area contributed by atoms with E-state index >= 15 is 0 Å². The summed E-state index contributed by atoms with van der Waals surface area (Å²) in [4.78, 5) is 16.9. The van der Waals surface area contributed by atoms with E-state index in [1.165, 1.54) is 5.69 Å². The van der Waals surface area contributed by atoms with E-state index in [1.807, 2.05) is 24.1 Å². The molecule has 0 bridgehead atoms. The van der Waals surface area contributed by atoms with E-state index < -0.39 is 0 Å². The molecule has 1 atom stereocenters. The van der Waals surface area contributed by atoms with Crippen molar-refractivity contribution in [2.45, 2.75) is 18.9 Å². The second-order valence-corrected chi connectivity index (χ2v) is 6.03.